The molecular formula is C28H42O4. The van der Waals surface area contributed by atoms with E-state index in [1.807, 2.05) is 0 Å². The Morgan fingerprint density at radius 2 is 0.969 bits per heavy atom. The average molecular weight is 443 g/mol. The van der Waals surface area contributed by atoms with E-state index in [9.17, 15) is 20.4 Å². The van der Waals surface area contributed by atoms with Gasteiger partial charge in [0.05, 0.1) is 0 Å². The molecule has 0 amide bonds. The molecule has 0 spiro atoms. The molecule has 178 valence electrons. The third kappa shape index (κ3) is 5.13. The number of aromatic hydroxyl groups is 2. The molecule has 0 aliphatic rings. The van der Waals surface area contributed by atoms with Gasteiger partial charge in [0.15, 0.2) is 0 Å². The number of benzene rings is 2. The van der Waals surface area contributed by atoms with Crippen LogP contribution in [0.25, 0.3) is 0 Å². The highest BCUT2D eigenvalue weighted by Gasteiger charge is 2.40. The first-order valence-electron chi connectivity index (χ1n) is 11.7. The minimum Gasteiger partial charge on any atom is -0.508 e. The SMILES string of the molecule is CCC(C)(c1c(O)cc(CCO)cc1C(C)(C)C)c1c(O)cc(CCO)cc1C(C)(C)C. The summed E-state index contributed by atoms with van der Waals surface area (Å²) in [7, 11) is 0. The number of phenols is 2. The van der Waals surface area contributed by atoms with Crippen LogP contribution in [0.1, 0.15) is 95.2 Å². The van der Waals surface area contributed by atoms with Crippen molar-refractivity contribution in [2.45, 2.75) is 90.9 Å². The molecule has 0 atom stereocenters. The zero-order valence-electron chi connectivity index (χ0n) is 21.1. The second-order valence-electron chi connectivity index (χ2n) is 11.2. The molecule has 0 heterocycles. The maximum Gasteiger partial charge on any atom is 0.120 e. The summed E-state index contributed by atoms with van der Waals surface area (Å²) in [5.41, 5.74) is 4.34. The predicted octanol–water partition coefficient (Wildman–Crippen LogP) is 5.48. The first kappa shape index (κ1) is 26.2. The van der Waals surface area contributed by atoms with E-state index in [1.165, 1.54) is 0 Å². The van der Waals surface area contributed by atoms with Gasteiger partial charge >= 0.3 is 0 Å². The van der Waals surface area contributed by atoms with E-state index in [1.54, 1.807) is 12.1 Å². The van der Waals surface area contributed by atoms with Crippen LogP contribution in [0.2, 0.25) is 0 Å². The van der Waals surface area contributed by atoms with Crippen LogP contribution in [0.3, 0.4) is 0 Å². The van der Waals surface area contributed by atoms with Crippen LogP contribution in [0.15, 0.2) is 24.3 Å². The standard InChI is InChI=1S/C28H42O4/c1-9-28(8,24-20(26(2,3)4)14-18(10-12-29)16-22(24)31)25-21(27(5,6)7)15-19(11-13-30)17-23(25)32/h14-17,29-32H,9-13H2,1-8H3. The van der Waals surface area contributed by atoms with Gasteiger partial charge in [0.1, 0.15) is 11.5 Å². The Hall–Kier alpha value is -2.04. The first-order valence-corrected chi connectivity index (χ1v) is 11.7. The molecule has 2 aromatic carbocycles. The van der Waals surface area contributed by atoms with E-state index in [-0.39, 0.29) is 35.5 Å². The summed E-state index contributed by atoms with van der Waals surface area (Å²) in [5, 5.41) is 41.5. The molecule has 4 heteroatoms. The van der Waals surface area contributed by atoms with Crippen molar-refractivity contribution in [3.8, 4) is 11.5 Å². The number of rotatable bonds is 7. The summed E-state index contributed by atoms with van der Waals surface area (Å²) < 4.78 is 0. The lowest BCUT2D eigenvalue weighted by atomic mass is 9.64. The largest absolute Gasteiger partial charge is 0.508 e. The fourth-order valence-corrected chi connectivity index (χ4v) is 4.74. The summed E-state index contributed by atoms with van der Waals surface area (Å²) in [6.07, 6.45) is 1.64. The molecule has 4 N–H and O–H groups in total. The zero-order valence-corrected chi connectivity index (χ0v) is 21.1. The summed E-state index contributed by atoms with van der Waals surface area (Å²) in [6, 6.07) is 7.69. The van der Waals surface area contributed by atoms with Crippen LogP contribution >= 0.6 is 0 Å². The molecule has 0 fully saturated rings. The highest BCUT2D eigenvalue weighted by Crippen LogP contribution is 2.51. The van der Waals surface area contributed by atoms with Crippen molar-refractivity contribution < 1.29 is 20.4 Å². The molecule has 0 radical (unpaired) electrons. The van der Waals surface area contributed by atoms with Gasteiger partial charge in [-0.1, -0.05) is 67.5 Å². The lowest BCUT2D eigenvalue weighted by Gasteiger charge is -2.40. The van der Waals surface area contributed by atoms with Crippen LogP contribution in [-0.2, 0) is 29.1 Å². The van der Waals surface area contributed by atoms with Crippen molar-refractivity contribution in [2.24, 2.45) is 0 Å². The summed E-state index contributed by atoms with van der Waals surface area (Å²) in [4.78, 5) is 0. The van der Waals surface area contributed by atoms with Gasteiger partial charge in [-0.3, -0.25) is 0 Å². The van der Waals surface area contributed by atoms with Gasteiger partial charge in [-0.05, 0) is 64.5 Å². The Morgan fingerprint density at radius 1 is 0.625 bits per heavy atom. The third-order valence-electron chi connectivity index (χ3n) is 6.58. The number of aliphatic hydroxyl groups is 2. The van der Waals surface area contributed by atoms with Gasteiger partial charge in [0.25, 0.3) is 0 Å². The van der Waals surface area contributed by atoms with Gasteiger partial charge in [-0.2, -0.15) is 0 Å². The Morgan fingerprint density at radius 3 is 1.22 bits per heavy atom. The number of phenolic OH excluding ortho intramolecular Hbond substituents is 2. The Kier molecular flexibility index (Phi) is 7.74. The minimum atomic E-state index is -0.644. The van der Waals surface area contributed by atoms with Crippen molar-refractivity contribution in [1.29, 1.82) is 0 Å². The molecular weight excluding hydrogens is 400 g/mol. The molecule has 0 saturated carbocycles. The van der Waals surface area contributed by atoms with Gasteiger partial charge in [-0.25, -0.2) is 0 Å². The van der Waals surface area contributed by atoms with Crippen LogP contribution in [0.4, 0.5) is 0 Å². The monoisotopic (exact) mass is 442 g/mol. The minimum absolute atomic E-state index is 0.0225. The highest BCUT2D eigenvalue weighted by molar-refractivity contribution is 5.60. The van der Waals surface area contributed by atoms with E-state index < -0.39 is 5.41 Å². The molecule has 0 unspecified atom stereocenters. The lowest BCUT2D eigenvalue weighted by Crippen LogP contribution is -2.32. The summed E-state index contributed by atoms with van der Waals surface area (Å²) in [6.45, 7) is 17.0. The quantitative estimate of drug-likeness (QED) is 0.458. The molecule has 0 aromatic heterocycles. The van der Waals surface area contributed by atoms with Crippen molar-refractivity contribution >= 4 is 0 Å². The maximum atomic E-state index is 11.3. The lowest BCUT2D eigenvalue weighted by molar-refractivity contribution is 0.299. The van der Waals surface area contributed by atoms with Crippen molar-refractivity contribution in [2.75, 3.05) is 13.2 Å². The second kappa shape index (κ2) is 9.44. The van der Waals surface area contributed by atoms with Crippen molar-refractivity contribution in [3.63, 3.8) is 0 Å². The molecule has 2 aromatic rings. The Labute approximate surface area is 194 Å². The van der Waals surface area contributed by atoms with Gasteiger partial charge in [-0.15, -0.1) is 0 Å². The smallest absolute Gasteiger partial charge is 0.120 e. The van der Waals surface area contributed by atoms with E-state index >= 15 is 0 Å². The van der Waals surface area contributed by atoms with E-state index in [0.717, 1.165) is 33.4 Å². The van der Waals surface area contributed by atoms with E-state index in [4.69, 9.17) is 0 Å². The third-order valence-corrected chi connectivity index (χ3v) is 6.58. The van der Waals surface area contributed by atoms with Crippen LogP contribution in [-0.4, -0.2) is 33.6 Å². The molecule has 32 heavy (non-hydrogen) atoms. The van der Waals surface area contributed by atoms with Gasteiger partial charge < -0.3 is 20.4 Å². The summed E-state index contributed by atoms with van der Waals surface area (Å²) in [5.74, 6) is 0.396. The van der Waals surface area contributed by atoms with Gasteiger partial charge in [0, 0.05) is 29.8 Å². The number of hydrogen-bond donors (Lipinski definition) is 4. The molecule has 0 saturated heterocycles. The number of hydrogen-bond acceptors (Lipinski definition) is 4. The first-order chi connectivity index (χ1) is 14.7. The predicted molar refractivity (Wildman–Crippen MR) is 132 cm³/mol. The molecule has 0 bridgehead atoms. The normalized spacial score (nSPS) is 12.9. The molecule has 4 nitrogen and oxygen atoms in total. The maximum absolute atomic E-state index is 11.3. The average Bonchev–Trinajstić information content (AvgIpc) is 2.65. The fraction of sp³-hybridized carbons (Fsp3) is 0.571. The topological polar surface area (TPSA) is 80.9 Å². The van der Waals surface area contributed by atoms with Crippen LogP contribution in [0, 0.1) is 0 Å². The molecule has 0 aliphatic carbocycles. The van der Waals surface area contributed by atoms with E-state index in [2.05, 4.69) is 67.5 Å². The van der Waals surface area contributed by atoms with E-state index in [0.29, 0.717) is 19.3 Å². The molecule has 0 aliphatic heterocycles. The second-order valence-corrected chi connectivity index (χ2v) is 11.2. The fourth-order valence-electron chi connectivity index (χ4n) is 4.74. The number of aliphatic hydroxyl groups excluding tert-OH is 2. The van der Waals surface area contributed by atoms with Crippen molar-refractivity contribution in [1.82, 2.24) is 0 Å². The van der Waals surface area contributed by atoms with Crippen LogP contribution in [0.5, 0.6) is 11.5 Å². The van der Waals surface area contributed by atoms with Gasteiger partial charge in [0.2, 0.25) is 0 Å². The van der Waals surface area contributed by atoms with Crippen LogP contribution < -0.4 is 0 Å². The molecule has 2 rings (SSSR count). The zero-order chi connectivity index (χ0) is 24.5. The Bertz CT molecular complexity index is 872. The highest BCUT2D eigenvalue weighted by atomic mass is 16.3. The summed E-state index contributed by atoms with van der Waals surface area (Å²) >= 11 is 0. The Balaban J connectivity index is 2.97. The van der Waals surface area contributed by atoms with Crippen molar-refractivity contribution in [3.05, 3.63) is 57.6 Å².